The zero-order valence-electron chi connectivity index (χ0n) is 13.6. The normalized spacial score (nSPS) is 11.6. The van der Waals surface area contributed by atoms with Gasteiger partial charge in [0, 0.05) is 0 Å². The number of rotatable bonds is 5. The molecule has 4 nitrogen and oxygen atoms in total. The van der Waals surface area contributed by atoms with Gasteiger partial charge in [0.05, 0.1) is 12.8 Å². The molecule has 2 aromatic carbocycles. The third-order valence-electron chi connectivity index (χ3n) is 3.58. The second kappa shape index (κ2) is 6.58. The molecule has 1 N–H and O–H groups in total. The van der Waals surface area contributed by atoms with E-state index in [4.69, 9.17) is 4.74 Å². The molecule has 0 aromatic heterocycles. The minimum Gasteiger partial charge on any atom is -0.495 e. The molecule has 0 amide bonds. The van der Waals surface area contributed by atoms with Gasteiger partial charge in [-0.25, -0.2) is 12.8 Å². The molecule has 0 fully saturated rings. The Morgan fingerprint density at radius 1 is 1.17 bits per heavy atom. The zero-order chi connectivity index (χ0) is 17.2. The van der Waals surface area contributed by atoms with E-state index in [2.05, 4.69) is 4.72 Å². The Labute approximate surface area is 136 Å². The quantitative estimate of drug-likeness (QED) is 0.895. The summed E-state index contributed by atoms with van der Waals surface area (Å²) < 4.78 is 46.5. The maximum absolute atomic E-state index is 13.5. The molecule has 0 aliphatic heterocycles. The average molecular weight is 337 g/mol. The Balaban J connectivity index is 2.54. The van der Waals surface area contributed by atoms with Gasteiger partial charge < -0.3 is 4.74 Å². The Morgan fingerprint density at radius 3 is 2.48 bits per heavy atom. The van der Waals surface area contributed by atoms with E-state index in [0.717, 1.165) is 23.3 Å². The molecule has 0 spiro atoms. The van der Waals surface area contributed by atoms with Crippen LogP contribution in [0.4, 0.5) is 10.1 Å². The van der Waals surface area contributed by atoms with Gasteiger partial charge in [-0.3, -0.25) is 4.72 Å². The minimum absolute atomic E-state index is 0.0959. The highest BCUT2D eigenvalue weighted by atomic mass is 32.2. The molecule has 2 aromatic rings. The predicted octanol–water partition coefficient (Wildman–Crippen LogP) is 4.07. The molecule has 0 saturated carbocycles. The van der Waals surface area contributed by atoms with Gasteiger partial charge in [-0.1, -0.05) is 32.0 Å². The van der Waals surface area contributed by atoms with Crippen molar-refractivity contribution in [2.75, 3.05) is 11.8 Å². The van der Waals surface area contributed by atoms with Crippen molar-refractivity contribution in [1.29, 1.82) is 0 Å². The summed E-state index contributed by atoms with van der Waals surface area (Å²) >= 11 is 0. The molecule has 0 aliphatic carbocycles. The van der Waals surface area contributed by atoms with E-state index in [1.54, 1.807) is 0 Å². The Kier molecular flexibility index (Phi) is 4.94. The van der Waals surface area contributed by atoms with Crippen LogP contribution in [-0.4, -0.2) is 15.5 Å². The molecule has 6 heteroatoms. The third kappa shape index (κ3) is 3.64. The first-order valence-electron chi connectivity index (χ1n) is 7.22. The fraction of sp³-hybridized carbons (Fsp3) is 0.294. The first-order valence-corrected chi connectivity index (χ1v) is 8.70. The second-order valence-electron chi connectivity index (χ2n) is 5.59. The van der Waals surface area contributed by atoms with Crippen LogP contribution in [0.2, 0.25) is 0 Å². The lowest BCUT2D eigenvalue weighted by Crippen LogP contribution is -2.16. The van der Waals surface area contributed by atoms with Gasteiger partial charge in [0.1, 0.15) is 16.5 Å². The van der Waals surface area contributed by atoms with Crippen LogP contribution in [0.3, 0.4) is 0 Å². The van der Waals surface area contributed by atoms with Crippen molar-refractivity contribution in [2.45, 2.75) is 31.6 Å². The van der Waals surface area contributed by atoms with Crippen LogP contribution in [0.1, 0.15) is 30.9 Å². The fourth-order valence-corrected chi connectivity index (χ4v) is 3.70. The number of para-hydroxylation sites is 1. The number of hydrogen-bond acceptors (Lipinski definition) is 3. The summed E-state index contributed by atoms with van der Waals surface area (Å²) in [7, 11) is -2.63. The summed E-state index contributed by atoms with van der Waals surface area (Å²) in [4.78, 5) is -0.224. The minimum atomic E-state index is -3.97. The molecule has 124 valence electrons. The number of halogens is 1. The van der Waals surface area contributed by atoms with E-state index < -0.39 is 15.8 Å². The largest absolute Gasteiger partial charge is 0.495 e. The van der Waals surface area contributed by atoms with Gasteiger partial charge in [0.15, 0.2) is 0 Å². The van der Waals surface area contributed by atoms with Gasteiger partial charge >= 0.3 is 0 Å². The molecule has 0 atom stereocenters. The van der Waals surface area contributed by atoms with E-state index in [0.29, 0.717) is 5.69 Å². The van der Waals surface area contributed by atoms with Crippen molar-refractivity contribution in [3.05, 3.63) is 53.3 Å². The molecule has 0 aliphatic rings. The van der Waals surface area contributed by atoms with E-state index >= 15 is 0 Å². The van der Waals surface area contributed by atoms with Gasteiger partial charge in [-0.2, -0.15) is 0 Å². The summed E-state index contributed by atoms with van der Waals surface area (Å²) in [5.74, 6) is -0.402. The topological polar surface area (TPSA) is 55.4 Å². The molecule has 0 radical (unpaired) electrons. The number of ether oxygens (including phenoxy) is 1. The average Bonchev–Trinajstić information content (AvgIpc) is 2.49. The number of anilines is 1. The van der Waals surface area contributed by atoms with Gasteiger partial charge in [-0.15, -0.1) is 0 Å². The van der Waals surface area contributed by atoms with Crippen molar-refractivity contribution < 1.29 is 17.5 Å². The summed E-state index contributed by atoms with van der Waals surface area (Å²) in [6.07, 6.45) is 0. The lowest BCUT2D eigenvalue weighted by atomic mass is 9.99. The number of methoxy groups -OCH3 is 1. The zero-order valence-corrected chi connectivity index (χ0v) is 14.4. The summed E-state index contributed by atoms with van der Waals surface area (Å²) in [5, 5.41) is 0. The van der Waals surface area contributed by atoms with Crippen LogP contribution in [0.5, 0.6) is 5.75 Å². The van der Waals surface area contributed by atoms with E-state index in [9.17, 15) is 12.8 Å². The monoisotopic (exact) mass is 337 g/mol. The molecule has 2 rings (SSSR count). The lowest BCUT2D eigenvalue weighted by molar-refractivity contribution is 0.401. The van der Waals surface area contributed by atoms with Crippen LogP contribution < -0.4 is 9.46 Å². The summed E-state index contributed by atoms with van der Waals surface area (Å²) in [6, 6.07) is 8.99. The van der Waals surface area contributed by atoms with Crippen molar-refractivity contribution in [2.24, 2.45) is 0 Å². The molecule has 0 saturated heterocycles. The number of hydrogen-bond donors (Lipinski definition) is 1. The Morgan fingerprint density at radius 2 is 1.87 bits per heavy atom. The third-order valence-corrected chi connectivity index (χ3v) is 4.95. The summed E-state index contributed by atoms with van der Waals surface area (Å²) in [6.45, 7) is 5.79. The van der Waals surface area contributed by atoms with Crippen molar-refractivity contribution in [3.8, 4) is 5.75 Å². The maximum Gasteiger partial charge on any atom is 0.265 e. The van der Waals surface area contributed by atoms with Gasteiger partial charge in [-0.05, 0) is 42.2 Å². The highest BCUT2D eigenvalue weighted by Crippen LogP contribution is 2.32. The second-order valence-corrected chi connectivity index (χ2v) is 7.25. The summed E-state index contributed by atoms with van der Waals surface area (Å²) in [5.41, 5.74) is 2.20. The Hall–Kier alpha value is -2.08. The molecule has 0 unspecified atom stereocenters. The molecule has 0 heterocycles. The number of aryl methyl sites for hydroxylation is 1. The SMILES string of the molecule is COc1ccc(F)cc1S(=O)(=O)Nc1c(C)cccc1C(C)C. The first kappa shape index (κ1) is 17.3. The molecular weight excluding hydrogens is 317 g/mol. The van der Waals surface area contributed by atoms with Crippen LogP contribution in [0.25, 0.3) is 0 Å². The van der Waals surface area contributed by atoms with Gasteiger partial charge in [0.2, 0.25) is 0 Å². The van der Waals surface area contributed by atoms with E-state index in [-0.39, 0.29) is 16.6 Å². The number of sulfonamides is 1. The molecule has 0 bridgehead atoms. The Bertz CT molecular complexity index is 817. The van der Waals surface area contributed by atoms with Crippen LogP contribution in [-0.2, 0) is 10.0 Å². The van der Waals surface area contributed by atoms with E-state index in [1.165, 1.54) is 13.2 Å². The van der Waals surface area contributed by atoms with E-state index in [1.807, 2.05) is 39.0 Å². The van der Waals surface area contributed by atoms with Crippen molar-refractivity contribution in [3.63, 3.8) is 0 Å². The number of benzene rings is 2. The molecule has 23 heavy (non-hydrogen) atoms. The first-order chi connectivity index (χ1) is 10.8. The standard InChI is InChI=1S/C17H20FNO3S/c1-11(2)14-7-5-6-12(3)17(14)19-23(20,21)16-10-13(18)8-9-15(16)22-4/h5-11,19H,1-4H3. The highest BCUT2D eigenvalue weighted by molar-refractivity contribution is 7.92. The number of nitrogens with one attached hydrogen (secondary N) is 1. The lowest BCUT2D eigenvalue weighted by Gasteiger charge is -2.18. The molecular formula is C17H20FNO3S. The van der Waals surface area contributed by atoms with Crippen molar-refractivity contribution >= 4 is 15.7 Å². The van der Waals surface area contributed by atoms with Gasteiger partial charge in [0.25, 0.3) is 10.0 Å². The van der Waals surface area contributed by atoms with Crippen molar-refractivity contribution in [1.82, 2.24) is 0 Å². The van der Waals surface area contributed by atoms with Crippen LogP contribution >= 0.6 is 0 Å². The van der Waals surface area contributed by atoms with Crippen LogP contribution in [0.15, 0.2) is 41.3 Å². The predicted molar refractivity (Wildman–Crippen MR) is 89.0 cm³/mol. The highest BCUT2D eigenvalue weighted by Gasteiger charge is 2.23. The maximum atomic E-state index is 13.5. The fourth-order valence-electron chi connectivity index (χ4n) is 2.36. The van der Waals surface area contributed by atoms with Crippen LogP contribution in [0, 0.1) is 12.7 Å². The smallest absolute Gasteiger partial charge is 0.265 e.